The Morgan fingerprint density at radius 3 is 2.38 bits per heavy atom. The summed E-state index contributed by atoms with van der Waals surface area (Å²) in [6, 6.07) is 10.7. The predicted molar refractivity (Wildman–Crippen MR) is 116 cm³/mol. The molecule has 0 spiro atoms. The number of carbonyl (C=O) groups is 1. The van der Waals surface area contributed by atoms with E-state index in [-0.39, 0.29) is 5.91 Å². The molecule has 1 amide bonds. The Morgan fingerprint density at radius 2 is 1.76 bits per heavy atom. The summed E-state index contributed by atoms with van der Waals surface area (Å²) in [5.41, 5.74) is 2.47. The highest BCUT2D eigenvalue weighted by atomic mass is 35.5. The van der Waals surface area contributed by atoms with Gasteiger partial charge in [-0.2, -0.15) is 0 Å². The molecule has 29 heavy (non-hydrogen) atoms. The monoisotopic (exact) mass is 419 g/mol. The molecule has 1 saturated heterocycles. The van der Waals surface area contributed by atoms with Gasteiger partial charge in [0.25, 0.3) is 0 Å². The number of halogens is 1. The molecule has 0 saturated carbocycles. The minimum Gasteiger partial charge on any atom is -0.495 e. The maximum Gasteiger partial charge on any atom is 0.246 e. The molecule has 0 radical (unpaired) electrons. The molecule has 2 N–H and O–H groups in total. The number of nitrogens with one attached hydrogen (secondary N) is 2. The third kappa shape index (κ3) is 5.25. The normalized spacial score (nSPS) is 14.8. The van der Waals surface area contributed by atoms with Crippen LogP contribution in [-0.2, 0) is 9.53 Å². The Balaban J connectivity index is 1.62. The smallest absolute Gasteiger partial charge is 0.246 e. The van der Waals surface area contributed by atoms with Crippen LogP contribution in [0.5, 0.6) is 11.5 Å². The van der Waals surface area contributed by atoms with Gasteiger partial charge >= 0.3 is 0 Å². The molecule has 0 aliphatic carbocycles. The number of morpholine rings is 1. The summed E-state index contributed by atoms with van der Waals surface area (Å²) in [6.45, 7) is 4.99. The van der Waals surface area contributed by atoms with Crippen LogP contribution in [0.15, 0.2) is 36.4 Å². The molecule has 1 heterocycles. The minimum atomic E-state index is -0.507. The van der Waals surface area contributed by atoms with Crippen LogP contribution in [0.4, 0.5) is 17.1 Å². The van der Waals surface area contributed by atoms with Crippen LogP contribution in [0.2, 0.25) is 5.02 Å². The van der Waals surface area contributed by atoms with Crippen molar-refractivity contribution < 1.29 is 19.0 Å². The van der Waals surface area contributed by atoms with Crippen molar-refractivity contribution in [1.29, 1.82) is 0 Å². The van der Waals surface area contributed by atoms with Crippen LogP contribution in [-0.4, -0.2) is 52.5 Å². The average molecular weight is 420 g/mol. The van der Waals surface area contributed by atoms with Gasteiger partial charge in [0.15, 0.2) is 0 Å². The first-order valence-corrected chi connectivity index (χ1v) is 9.81. The first kappa shape index (κ1) is 21.1. The van der Waals surface area contributed by atoms with Gasteiger partial charge in [-0.15, -0.1) is 0 Å². The summed E-state index contributed by atoms with van der Waals surface area (Å²) in [5.74, 6) is 0.880. The Hall–Kier alpha value is -2.64. The van der Waals surface area contributed by atoms with Crippen molar-refractivity contribution in [2.24, 2.45) is 0 Å². The number of ether oxygens (including phenoxy) is 3. The molecule has 2 aromatic rings. The van der Waals surface area contributed by atoms with E-state index in [1.54, 1.807) is 26.2 Å². The highest BCUT2D eigenvalue weighted by Gasteiger charge is 2.17. The van der Waals surface area contributed by atoms with Crippen molar-refractivity contribution in [3.63, 3.8) is 0 Å². The lowest BCUT2D eigenvalue weighted by Gasteiger charge is -2.29. The van der Waals surface area contributed by atoms with Gasteiger partial charge in [0.05, 0.1) is 38.1 Å². The largest absolute Gasteiger partial charge is 0.495 e. The summed E-state index contributed by atoms with van der Waals surface area (Å²) in [5, 5.41) is 6.49. The average Bonchev–Trinajstić information content (AvgIpc) is 2.75. The molecule has 0 aromatic heterocycles. The van der Waals surface area contributed by atoms with Crippen LogP contribution >= 0.6 is 11.6 Å². The molecule has 1 aliphatic rings. The molecule has 3 rings (SSSR count). The van der Waals surface area contributed by atoms with Gasteiger partial charge in [0.1, 0.15) is 17.5 Å². The highest BCUT2D eigenvalue weighted by Crippen LogP contribution is 2.36. The number of nitrogens with zero attached hydrogens (tertiary/aromatic N) is 1. The number of hydrogen-bond donors (Lipinski definition) is 2. The zero-order chi connectivity index (χ0) is 20.8. The van der Waals surface area contributed by atoms with E-state index in [0.29, 0.717) is 22.2 Å². The Bertz CT molecular complexity index is 839. The fourth-order valence-corrected chi connectivity index (χ4v) is 3.34. The van der Waals surface area contributed by atoms with E-state index in [1.807, 2.05) is 24.3 Å². The quantitative estimate of drug-likeness (QED) is 0.714. The van der Waals surface area contributed by atoms with Crippen molar-refractivity contribution in [2.45, 2.75) is 13.0 Å². The molecule has 7 nitrogen and oxygen atoms in total. The zero-order valence-electron chi connectivity index (χ0n) is 16.8. The van der Waals surface area contributed by atoms with Crippen molar-refractivity contribution in [3.8, 4) is 11.5 Å². The lowest BCUT2D eigenvalue weighted by atomic mass is 10.2. The van der Waals surface area contributed by atoms with E-state index >= 15 is 0 Å². The number of carbonyl (C=O) groups excluding carboxylic acids is 1. The van der Waals surface area contributed by atoms with Crippen LogP contribution in [0, 0.1) is 0 Å². The van der Waals surface area contributed by atoms with Crippen molar-refractivity contribution in [2.75, 3.05) is 56.1 Å². The third-order valence-electron chi connectivity index (χ3n) is 4.75. The molecule has 0 unspecified atom stereocenters. The number of rotatable bonds is 7. The number of hydrogen-bond acceptors (Lipinski definition) is 6. The fraction of sp³-hybridized carbons (Fsp3) is 0.381. The Kier molecular flexibility index (Phi) is 7.06. The maximum absolute atomic E-state index is 12.6. The summed E-state index contributed by atoms with van der Waals surface area (Å²) in [4.78, 5) is 14.9. The molecule has 2 aromatic carbocycles. The van der Waals surface area contributed by atoms with Gasteiger partial charge in [-0.25, -0.2) is 0 Å². The Morgan fingerprint density at radius 1 is 1.10 bits per heavy atom. The predicted octanol–water partition coefficient (Wildman–Crippen LogP) is 3.63. The van der Waals surface area contributed by atoms with Gasteiger partial charge in [-0.05, 0) is 37.3 Å². The molecular formula is C21H26ClN3O4. The van der Waals surface area contributed by atoms with Crippen LogP contribution < -0.4 is 25.0 Å². The summed E-state index contributed by atoms with van der Waals surface area (Å²) in [7, 11) is 3.09. The van der Waals surface area contributed by atoms with Gasteiger partial charge in [-0.1, -0.05) is 11.6 Å². The van der Waals surface area contributed by atoms with E-state index in [2.05, 4.69) is 15.5 Å². The first-order valence-electron chi connectivity index (χ1n) is 9.43. The summed E-state index contributed by atoms with van der Waals surface area (Å²) in [6.07, 6.45) is 0. The second-order valence-corrected chi connectivity index (χ2v) is 7.10. The second kappa shape index (κ2) is 9.71. The second-order valence-electron chi connectivity index (χ2n) is 6.69. The number of benzene rings is 2. The van der Waals surface area contributed by atoms with Crippen molar-refractivity contribution in [1.82, 2.24) is 0 Å². The van der Waals surface area contributed by atoms with E-state index in [4.69, 9.17) is 25.8 Å². The van der Waals surface area contributed by atoms with Crippen molar-refractivity contribution in [3.05, 3.63) is 41.4 Å². The van der Waals surface area contributed by atoms with E-state index < -0.39 is 6.04 Å². The van der Waals surface area contributed by atoms with E-state index in [9.17, 15) is 4.79 Å². The minimum absolute atomic E-state index is 0.168. The Labute approximate surface area is 175 Å². The summed E-state index contributed by atoms with van der Waals surface area (Å²) >= 11 is 6.20. The highest BCUT2D eigenvalue weighted by molar-refractivity contribution is 6.32. The van der Waals surface area contributed by atoms with Gasteiger partial charge in [0, 0.05) is 30.5 Å². The number of anilines is 3. The van der Waals surface area contributed by atoms with Crippen LogP contribution in [0.1, 0.15) is 6.92 Å². The lowest BCUT2D eigenvalue weighted by Crippen LogP contribution is -2.36. The van der Waals surface area contributed by atoms with E-state index in [0.717, 1.165) is 37.7 Å². The van der Waals surface area contributed by atoms with Crippen molar-refractivity contribution >= 4 is 34.6 Å². The SMILES string of the molecule is COc1cc(OC)c(N[C@@H](C)C(=O)Nc2ccc(N3CCOCC3)cc2)cc1Cl. The molecule has 1 aliphatic heterocycles. The molecule has 0 bridgehead atoms. The molecule has 1 atom stereocenters. The first-order chi connectivity index (χ1) is 14.0. The standard InChI is InChI=1S/C21H26ClN3O4/c1-14(23-18-12-17(22)19(27-2)13-20(18)28-3)21(26)24-15-4-6-16(7-5-15)25-8-10-29-11-9-25/h4-7,12-14,23H,8-11H2,1-3H3,(H,24,26)/t14-/m0/s1. The lowest BCUT2D eigenvalue weighted by molar-refractivity contribution is -0.116. The molecular weight excluding hydrogens is 394 g/mol. The molecule has 1 fully saturated rings. The fourth-order valence-electron chi connectivity index (χ4n) is 3.10. The van der Waals surface area contributed by atoms with Crippen LogP contribution in [0.3, 0.4) is 0 Å². The third-order valence-corrected chi connectivity index (χ3v) is 5.05. The maximum atomic E-state index is 12.6. The molecule has 8 heteroatoms. The topological polar surface area (TPSA) is 72.1 Å². The number of methoxy groups -OCH3 is 2. The van der Waals surface area contributed by atoms with Gasteiger partial charge in [-0.3, -0.25) is 4.79 Å². The zero-order valence-corrected chi connectivity index (χ0v) is 17.6. The van der Waals surface area contributed by atoms with Crippen LogP contribution in [0.25, 0.3) is 0 Å². The van der Waals surface area contributed by atoms with Gasteiger partial charge in [0.2, 0.25) is 5.91 Å². The van der Waals surface area contributed by atoms with E-state index in [1.165, 1.54) is 7.11 Å². The summed E-state index contributed by atoms with van der Waals surface area (Å²) < 4.78 is 15.9. The molecule has 156 valence electrons. The van der Waals surface area contributed by atoms with Gasteiger partial charge < -0.3 is 29.7 Å². The number of amides is 1.